The zero-order valence-corrected chi connectivity index (χ0v) is 13.4. The maximum atomic E-state index is 11.9. The van der Waals surface area contributed by atoms with Gasteiger partial charge in [-0.05, 0) is 30.9 Å². The van der Waals surface area contributed by atoms with Gasteiger partial charge in [0.2, 0.25) is 0 Å². The van der Waals surface area contributed by atoms with Crippen molar-refractivity contribution in [3.63, 3.8) is 0 Å². The van der Waals surface area contributed by atoms with Crippen LogP contribution in [-0.2, 0) is 0 Å². The lowest BCUT2D eigenvalue weighted by Crippen LogP contribution is -2.38. The fraction of sp³-hybridized carbons (Fsp3) is 0.385. The van der Waals surface area contributed by atoms with Crippen LogP contribution in [0, 0.1) is 5.92 Å². The maximum Gasteiger partial charge on any atom is 0.252 e. The Labute approximate surface area is 140 Å². The molecule has 3 rings (SSSR count). The summed E-state index contributed by atoms with van der Waals surface area (Å²) >= 11 is 0. The van der Waals surface area contributed by atoms with Crippen LogP contribution in [0.25, 0.3) is 5.82 Å². The van der Waals surface area contributed by atoms with Crippen molar-refractivity contribution < 1.29 is 4.79 Å². The molecule has 1 aliphatic carbocycles. The Bertz CT molecular complexity index is 585. The molecule has 1 aliphatic rings. The molecule has 2 aromatic rings. The number of nitrogens with two attached hydrogens (primary N) is 1. The number of amides is 1. The smallest absolute Gasteiger partial charge is 0.252 e. The molecule has 0 aliphatic heterocycles. The third-order valence-corrected chi connectivity index (χ3v) is 3.39. The molecule has 3 N–H and O–H groups in total. The van der Waals surface area contributed by atoms with E-state index in [-0.39, 0.29) is 36.8 Å². The molecule has 1 amide bonds. The monoisotopic (exact) mass is 344 g/mol. The second-order valence-electron chi connectivity index (χ2n) is 4.96. The second kappa shape index (κ2) is 8.07. The first kappa shape index (κ1) is 18.3. The van der Waals surface area contributed by atoms with E-state index in [1.807, 2.05) is 0 Å². The second-order valence-corrected chi connectivity index (χ2v) is 4.96. The molecule has 1 atom stereocenters. The summed E-state index contributed by atoms with van der Waals surface area (Å²) in [5.41, 5.74) is 6.46. The number of pyridine rings is 1. The first-order valence-corrected chi connectivity index (χ1v) is 6.59. The number of hydrogen-bond donors (Lipinski definition) is 2. The molecule has 1 saturated carbocycles. The van der Waals surface area contributed by atoms with Crippen LogP contribution in [0.4, 0.5) is 0 Å². The first-order valence-electron chi connectivity index (χ1n) is 6.59. The van der Waals surface area contributed by atoms with Gasteiger partial charge in [-0.2, -0.15) is 5.10 Å². The highest BCUT2D eigenvalue weighted by atomic mass is 35.5. The van der Waals surface area contributed by atoms with Crippen LogP contribution in [0.15, 0.2) is 31.0 Å². The number of halogens is 2. The van der Waals surface area contributed by atoms with E-state index in [1.165, 1.54) is 30.0 Å². The van der Waals surface area contributed by atoms with Crippen molar-refractivity contribution in [1.82, 2.24) is 25.1 Å². The van der Waals surface area contributed by atoms with Crippen molar-refractivity contribution in [2.24, 2.45) is 11.7 Å². The Morgan fingerprint density at radius 1 is 1.41 bits per heavy atom. The lowest BCUT2D eigenvalue weighted by Gasteiger charge is -2.11. The summed E-state index contributed by atoms with van der Waals surface area (Å²) in [7, 11) is 0. The van der Waals surface area contributed by atoms with E-state index in [9.17, 15) is 4.79 Å². The summed E-state index contributed by atoms with van der Waals surface area (Å²) < 4.78 is 1.53. The van der Waals surface area contributed by atoms with E-state index in [2.05, 4.69) is 20.4 Å². The molecule has 0 spiro atoms. The summed E-state index contributed by atoms with van der Waals surface area (Å²) in [5.74, 6) is 1.04. The van der Waals surface area contributed by atoms with Gasteiger partial charge >= 0.3 is 0 Å². The van der Waals surface area contributed by atoms with E-state index in [0.717, 1.165) is 0 Å². The van der Waals surface area contributed by atoms with Gasteiger partial charge in [-0.3, -0.25) is 4.79 Å². The third-order valence-electron chi connectivity index (χ3n) is 3.39. The third kappa shape index (κ3) is 4.40. The van der Waals surface area contributed by atoms with Gasteiger partial charge in [0.25, 0.3) is 5.91 Å². The number of carbonyl (C=O) groups is 1. The maximum absolute atomic E-state index is 11.9. The highest BCUT2D eigenvalue weighted by Crippen LogP contribution is 2.31. The summed E-state index contributed by atoms with van der Waals surface area (Å²) in [6.45, 7) is 0.508. The SMILES string of the molecule is Cl.Cl.NC(CNC(=O)c1ccc(-n2cncn2)nc1)C1CC1. The number of rotatable bonds is 5. The fourth-order valence-corrected chi connectivity index (χ4v) is 1.99. The van der Waals surface area contributed by atoms with Crippen molar-refractivity contribution in [2.75, 3.05) is 6.54 Å². The zero-order chi connectivity index (χ0) is 13.9. The predicted octanol–water partition coefficient (Wildman–Crippen LogP) is 0.973. The normalized spacial score (nSPS) is 14.4. The highest BCUT2D eigenvalue weighted by Gasteiger charge is 2.28. The predicted molar refractivity (Wildman–Crippen MR) is 86.7 cm³/mol. The molecular formula is C13H18Cl2N6O. The van der Waals surface area contributed by atoms with E-state index in [0.29, 0.717) is 23.8 Å². The van der Waals surface area contributed by atoms with Crippen LogP contribution in [-0.4, -0.2) is 38.2 Å². The molecule has 120 valence electrons. The topological polar surface area (TPSA) is 98.7 Å². The number of nitrogens with zero attached hydrogens (tertiary/aromatic N) is 4. The molecule has 0 aromatic carbocycles. The van der Waals surface area contributed by atoms with Crippen LogP contribution < -0.4 is 11.1 Å². The summed E-state index contributed by atoms with van der Waals surface area (Å²) in [6, 6.07) is 3.49. The van der Waals surface area contributed by atoms with Gasteiger partial charge in [-0.1, -0.05) is 0 Å². The molecule has 2 heterocycles. The summed E-state index contributed by atoms with van der Waals surface area (Å²) in [4.78, 5) is 20.0. The molecule has 22 heavy (non-hydrogen) atoms. The minimum absolute atomic E-state index is 0. The van der Waals surface area contributed by atoms with Crippen LogP contribution in [0.3, 0.4) is 0 Å². The van der Waals surface area contributed by atoms with Crippen LogP contribution in [0.1, 0.15) is 23.2 Å². The van der Waals surface area contributed by atoms with E-state index in [4.69, 9.17) is 5.73 Å². The van der Waals surface area contributed by atoms with Crippen LogP contribution >= 0.6 is 24.8 Å². The Morgan fingerprint density at radius 3 is 2.73 bits per heavy atom. The lowest BCUT2D eigenvalue weighted by molar-refractivity contribution is 0.0950. The average Bonchev–Trinajstić information content (AvgIpc) is 3.19. The Morgan fingerprint density at radius 2 is 2.18 bits per heavy atom. The van der Waals surface area contributed by atoms with E-state index in [1.54, 1.807) is 18.5 Å². The average molecular weight is 345 g/mol. The minimum Gasteiger partial charge on any atom is -0.350 e. The van der Waals surface area contributed by atoms with Gasteiger partial charge in [0, 0.05) is 18.8 Å². The van der Waals surface area contributed by atoms with E-state index >= 15 is 0 Å². The molecule has 1 fully saturated rings. The van der Waals surface area contributed by atoms with Gasteiger partial charge in [0.05, 0.1) is 5.56 Å². The largest absolute Gasteiger partial charge is 0.350 e. The van der Waals surface area contributed by atoms with Gasteiger partial charge in [0.15, 0.2) is 5.82 Å². The molecule has 9 heteroatoms. The molecule has 0 saturated heterocycles. The molecule has 0 radical (unpaired) electrons. The Kier molecular flexibility index (Phi) is 6.73. The van der Waals surface area contributed by atoms with Gasteiger partial charge in [-0.15, -0.1) is 24.8 Å². The van der Waals surface area contributed by atoms with Crippen molar-refractivity contribution in [1.29, 1.82) is 0 Å². The molecular weight excluding hydrogens is 327 g/mol. The van der Waals surface area contributed by atoms with Crippen molar-refractivity contribution in [3.8, 4) is 5.82 Å². The standard InChI is InChI=1S/C13H16N6O.2ClH/c14-11(9-1-2-9)6-17-13(20)10-3-4-12(16-5-10)19-8-15-7-18-19;;/h3-5,7-9,11H,1-2,6,14H2,(H,17,20);2*1H. The molecule has 7 nitrogen and oxygen atoms in total. The molecule has 0 bridgehead atoms. The number of nitrogens with one attached hydrogen (secondary N) is 1. The van der Waals surface area contributed by atoms with E-state index < -0.39 is 0 Å². The molecule has 1 unspecified atom stereocenters. The van der Waals surface area contributed by atoms with Crippen molar-refractivity contribution in [2.45, 2.75) is 18.9 Å². The number of carbonyl (C=O) groups excluding carboxylic acids is 1. The first-order chi connectivity index (χ1) is 9.74. The lowest BCUT2D eigenvalue weighted by atomic mass is 10.2. The van der Waals surface area contributed by atoms with Crippen LogP contribution in [0.2, 0.25) is 0 Å². The number of aromatic nitrogens is 4. The zero-order valence-electron chi connectivity index (χ0n) is 11.8. The number of hydrogen-bond acceptors (Lipinski definition) is 5. The van der Waals surface area contributed by atoms with Gasteiger partial charge in [0.1, 0.15) is 12.7 Å². The molecule has 2 aromatic heterocycles. The summed E-state index contributed by atoms with van der Waals surface area (Å²) in [5, 5.41) is 6.81. The van der Waals surface area contributed by atoms with Crippen molar-refractivity contribution in [3.05, 3.63) is 36.5 Å². The van der Waals surface area contributed by atoms with Gasteiger partial charge in [-0.25, -0.2) is 14.6 Å². The Balaban J connectivity index is 0.00000121. The minimum atomic E-state index is -0.154. The van der Waals surface area contributed by atoms with Crippen molar-refractivity contribution >= 4 is 30.7 Å². The quantitative estimate of drug-likeness (QED) is 0.841. The van der Waals surface area contributed by atoms with Crippen LogP contribution in [0.5, 0.6) is 0 Å². The fourth-order valence-electron chi connectivity index (χ4n) is 1.99. The van der Waals surface area contributed by atoms with Gasteiger partial charge < -0.3 is 11.1 Å². The highest BCUT2D eigenvalue weighted by molar-refractivity contribution is 5.93. The Hall–Kier alpha value is -1.70. The summed E-state index contributed by atoms with van der Waals surface area (Å²) in [6.07, 6.45) is 6.85.